The first-order valence-electron chi connectivity index (χ1n) is 32.1. The molecule has 8 nitrogen and oxygen atoms in total. The molecule has 0 saturated heterocycles. The van der Waals surface area contributed by atoms with Gasteiger partial charge in [-0.25, -0.2) is 0 Å². The summed E-state index contributed by atoms with van der Waals surface area (Å²) < 4.78 is 14.4. The van der Waals surface area contributed by atoms with Crippen LogP contribution in [0.2, 0.25) is 0 Å². The normalized spacial score (nSPS) is 12.1. The van der Waals surface area contributed by atoms with E-state index < -0.39 is 0 Å². The maximum atomic E-state index is 12.3. The fourth-order valence-electron chi connectivity index (χ4n) is 16.1. The van der Waals surface area contributed by atoms with E-state index in [4.69, 9.17) is 4.98 Å². The molecule has 7 heterocycles. The van der Waals surface area contributed by atoms with E-state index in [1.165, 1.54) is 43.1 Å². The summed E-state index contributed by atoms with van der Waals surface area (Å²) in [4.78, 5) is 5.00. The van der Waals surface area contributed by atoms with Gasteiger partial charge in [0.2, 0.25) is 0 Å². The Morgan fingerprint density at radius 1 is 0.245 bits per heavy atom. The lowest BCUT2D eigenvalue weighted by molar-refractivity contribution is 1.11. The third kappa shape index (κ3) is 7.34. The Kier molecular flexibility index (Phi) is 10.9. The number of aromatic nitrogens is 7. The van der Waals surface area contributed by atoms with Crippen LogP contribution >= 0.6 is 0 Å². The van der Waals surface area contributed by atoms with Crippen molar-refractivity contribution < 1.29 is 0 Å². The molecule has 94 heavy (non-hydrogen) atoms. The number of benzene rings is 13. The molecule has 20 aromatic rings. The summed E-state index contributed by atoms with van der Waals surface area (Å²) in [5.41, 5.74) is 23.1. The summed E-state index contributed by atoms with van der Waals surface area (Å²) in [5.74, 6) is 0. The number of nitrogens with zero attached hydrogens (tertiary/aromatic N) is 8. The van der Waals surface area contributed by atoms with Gasteiger partial charge in [0.1, 0.15) is 6.07 Å². The fraction of sp³-hybridized carbons (Fsp3) is 0.0233. The maximum absolute atomic E-state index is 12.3. The molecule has 0 unspecified atom stereocenters. The van der Waals surface area contributed by atoms with E-state index >= 15 is 0 Å². The Balaban J connectivity index is 0.917. The lowest BCUT2D eigenvalue weighted by atomic mass is 9.98. The summed E-state index contributed by atoms with van der Waals surface area (Å²) >= 11 is 0. The zero-order valence-corrected chi connectivity index (χ0v) is 51.3. The molecule has 438 valence electrons. The molecule has 0 radical (unpaired) electrons. The van der Waals surface area contributed by atoms with Crippen LogP contribution in [0.25, 0.3) is 176 Å². The molecule has 0 aliphatic carbocycles. The van der Waals surface area contributed by atoms with E-state index in [-0.39, 0.29) is 0 Å². The third-order valence-electron chi connectivity index (χ3n) is 19.9. The van der Waals surface area contributed by atoms with Gasteiger partial charge in [-0.2, -0.15) is 5.26 Å². The smallest absolute Gasteiger partial charge is 0.101 e. The number of rotatable bonds is 7. The van der Waals surface area contributed by atoms with Crippen LogP contribution in [0.15, 0.2) is 291 Å². The van der Waals surface area contributed by atoms with Crippen molar-refractivity contribution in [3.05, 3.63) is 308 Å². The Labute approximate surface area is 538 Å². The number of pyridine rings is 1. The van der Waals surface area contributed by atoms with Crippen LogP contribution in [-0.2, 0) is 0 Å². The highest BCUT2D eigenvalue weighted by Crippen LogP contribution is 2.46. The number of hydrogen-bond acceptors (Lipinski definition) is 2. The third-order valence-corrected chi connectivity index (χ3v) is 19.9. The van der Waals surface area contributed by atoms with Crippen molar-refractivity contribution >= 4 is 131 Å². The first-order chi connectivity index (χ1) is 46.4. The second-order valence-corrected chi connectivity index (χ2v) is 25.1. The average molecular weight is 1200 g/mol. The highest BCUT2D eigenvalue weighted by molar-refractivity contribution is 6.17. The molecule has 13 aromatic carbocycles. The molecule has 0 fully saturated rings. The van der Waals surface area contributed by atoms with E-state index in [2.05, 4.69) is 339 Å². The molecule has 0 atom stereocenters. The average Bonchev–Trinajstić information content (AvgIpc) is 1.54. The molecule has 8 heteroatoms. The van der Waals surface area contributed by atoms with Crippen molar-refractivity contribution in [2.24, 2.45) is 0 Å². The van der Waals surface area contributed by atoms with Crippen molar-refractivity contribution in [3.63, 3.8) is 0 Å². The van der Waals surface area contributed by atoms with E-state index in [1.54, 1.807) is 0 Å². The Morgan fingerprint density at radius 3 is 0.755 bits per heavy atom. The first kappa shape index (κ1) is 52.1. The molecule has 0 aliphatic heterocycles. The molecular formula is C86H54N8. The minimum absolute atomic E-state index is 0.525. The first-order valence-corrected chi connectivity index (χ1v) is 32.1. The second kappa shape index (κ2) is 19.7. The number of fused-ring (bicyclic) bond motifs is 18. The highest BCUT2D eigenvalue weighted by atomic mass is 15.1. The Hall–Kier alpha value is -12.7. The van der Waals surface area contributed by atoms with Gasteiger partial charge < -0.3 is 27.4 Å². The summed E-state index contributed by atoms with van der Waals surface area (Å²) in [6.07, 6.45) is 0. The standard InChI is InChI=1S/C86H54N8/c1-52-43-54(44-53(2)88-52)72-50-81(93-83-46-56(89-73-27-11-3-19-60(73)61-20-4-12-28-74(61)89)35-39-68(83)69-40-36-57(47-84(69)93)90-75-29-13-5-21-62(75)63-22-6-14-30-76(63)90)55(51-87)45-82(72)94-85-48-58(91-77-31-15-7-23-64(77)65-24-8-16-32-78(65)91)37-41-70(85)71-42-38-59(49-86(71)94)92-79-33-17-9-25-66(79)67-26-10-18-34-80(67)92/h3-50H,1-2H3. The maximum Gasteiger partial charge on any atom is 0.101 e. The molecule has 0 N–H and O–H groups in total. The minimum Gasteiger partial charge on any atom is -0.309 e. The summed E-state index contributed by atoms with van der Waals surface area (Å²) in [6.45, 7) is 4.16. The van der Waals surface area contributed by atoms with Gasteiger partial charge in [0.15, 0.2) is 0 Å². The van der Waals surface area contributed by atoms with Crippen molar-refractivity contribution in [3.8, 4) is 51.3 Å². The van der Waals surface area contributed by atoms with Crippen molar-refractivity contribution in [2.75, 3.05) is 0 Å². The highest BCUT2D eigenvalue weighted by Gasteiger charge is 2.26. The molecule has 0 spiro atoms. The summed E-state index contributed by atoms with van der Waals surface area (Å²) in [5, 5.41) is 26.2. The lowest BCUT2D eigenvalue weighted by Gasteiger charge is -2.20. The minimum atomic E-state index is 0.525. The van der Waals surface area contributed by atoms with E-state index in [9.17, 15) is 5.26 Å². The van der Waals surface area contributed by atoms with Crippen LogP contribution in [0.5, 0.6) is 0 Å². The molecular weight excluding hydrogens is 1150 g/mol. The molecule has 0 aliphatic rings. The Bertz CT molecular complexity index is 6150. The quantitative estimate of drug-likeness (QED) is 0.160. The molecule has 7 aromatic heterocycles. The van der Waals surface area contributed by atoms with Crippen molar-refractivity contribution in [2.45, 2.75) is 13.8 Å². The fourth-order valence-corrected chi connectivity index (χ4v) is 16.1. The van der Waals surface area contributed by atoms with E-state index in [0.29, 0.717) is 5.56 Å². The van der Waals surface area contributed by atoms with E-state index in [0.717, 1.165) is 144 Å². The van der Waals surface area contributed by atoms with Crippen LogP contribution in [0, 0.1) is 25.2 Å². The molecule has 0 amide bonds. The Morgan fingerprint density at radius 2 is 0.489 bits per heavy atom. The lowest BCUT2D eigenvalue weighted by Crippen LogP contribution is -2.05. The second-order valence-electron chi connectivity index (χ2n) is 25.1. The number of para-hydroxylation sites is 8. The van der Waals surface area contributed by atoms with Gasteiger partial charge in [0, 0.05) is 104 Å². The SMILES string of the molecule is Cc1cc(-c2cc(-n3c4cc(-n5c6ccccc6c6ccccc65)ccc4c4ccc(-n5c6ccccc6c6ccccc65)cc43)c(C#N)cc2-n2c3cc(-n4c5ccccc5c5ccccc54)ccc3c3ccc(-n4c5ccccc5c5ccccc54)cc32)cc(C)n1. The number of hydrogen-bond donors (Lipinski definition) is 0. The van der Waals surface area contributed by atoms with Crippen LogP contribution in [0.4, 0.5) is 0 Å². The zero-order chi connectivity index (χ0) is 62.0. The number of nitriles is 1. The van der Waals surface area contributed by atoms with Gasteiger partial charge >= 0.3 is 0 Å². The van der Waals surface area contributed by atoms with Gasteiger partial charge in [-0.15, -0.1) is 0 Å². The topological polar surface area (TPSA) is 66.3 Å². The zero-order valence-electron chi connectivity index (χ0n) is 51.3. The van der Waals surface area contributed by atoms with Gasteiger partial charge in [0.05, 0.1) is 83.1 Å². The predicted molar refractivity (Wildman–Crippen MR) is 390 cm³/mol. The van der Waals surface area contributed by atoms with Gasteiger partial charge in [-0.3, -0.25) is 4.98 Å². The molecule has 0 bridgehead atoms. The molecule has 0 saturated carbocycles. The van der Waals surface area contributed by atoms with Crippen LogP contribution in [0.3, 0.4) is 0 Å². The summed E-state index contributed by atoms with van der Waals surface area (Å²) in [6, 6.07) is 109. The number of aryl methyl sites for hydroxylation is 2. The predicted octanol–water partition coefficient (Wildman–Crippen LogP) is 21.8. The summed E-state index contributed by atoms with van der Waals surface area (Å²) in [7, 11) is 0. The van der Waals surface area contributed by atoms with Crippen LogP contribution < -0.4 is 0 Å². The largest absolute Gasteiger partial charge is 0.309 e. The van der Waals surface area contributed by atoms with Crippen LogP contribution in [-0.4, -0.2) is 32.4 Å². The molecule has 20 rings (SSSR count). The van der Waals surface area contributed by atoms with Crippen molar-refractivity contribution in [1.29, 1.82) is 5.26 Å². The van der Waals surface area contributed by atoms with E-state index in [1.807, 2.05) is 0 Å². The van der Waals surface area contributed by atoms with Gasteiger partial charge in [-0.1, -0.05) is 170 Å². The van der Waals surface area contributed by atoms with Crippen LogP contribution in [0.1, 0.15) is 17.0 Å². The monoisotopic (exact) mass is 1200 g/mol. The van der Waals surface area contributed by atoms with Gasteiger partial charge in [0.25, 0.3) is 0 Å². The van der Waals surface area contributed by atoms with Crippen molar-refractivity contribution in [1.82, 2.24) is 32.4 Å². The van der Waals surface area contributed by atoms with Gasteiger partial charge in [-0.05, 0) is 141 Å².